The maximum Gasteiger partial charge on any atom is 0.0682 e. The molecule has 0 aromatic heterocycles. The molecule has 0 aliphatic heterocycles. The molecule has 0 spiro atoms. The van der Waals surface area contributed by atoms with Crippen LogP contribution in [0.2, 0.25) is 0 Å². The minimum Gasteiger partial charge on any atom is -0.393 e. The van der Waals surface area contributed by atoms with E-state index < -0.39 is 11.2 Å². The Labute approximate surface area is 403 Å². The first-order chi connectivity index (χ1) is 29.7. The number of rotatable bonds is 10. The second-order valence-electron chi connectivity index (χ2n) is 29.0. The van der Waals surface area contributed by atoms with Gasteiger partial charge in [-0.15, -0.1) is 0 Å². The molecule has 0 aromatic rings. The fourth-order valence-corrected chi connectivity index (χ4v) is 18.7. The molecule has 0 saturated heterocycles. The summed E-state index contributed by atoms with van der Waals surface area (Å²) >= 11 is 0. The van der Waals surface area contributed by atoms with Crippen molar-refractivity contribution in [2.75, 3.05) is 0 Å². The standard InChI is InChI=1S/C30H54O2.C30H52O2.CH4/c2*1-8-30(32)18-17-28(6)21(19-30)9-10-22-24-12-11-23(29(24,7)16-13-25(22)28)20(2)26(31)14-15-27(3,4)5;/h20-26,31-32H,8-19H2,1-7H3;9,20,22-26,31-32H,8,10-19H2,1-7H3;1H4/t20-,21+,22-,23+,24-,25-,26-,28-,29+,30-;20-,22-,23+,24-,25-,26-,28-,29+,30-;/m00./s1. The van der Waals surface area contributed by atoms with Crippen molar-refractivity contribution in [1.29, 1.82) is 0 Å². The average Bonchev–Trinajstić information content (AvgIpc) is 3.78. The molecule has 378 valence electrons. The van der Waals surface area contributed by atoms with Crippen LogP contribution in [0.1, 0.15) is 252 Å². The lowest BCUT2D eigenvalue weighted by Crippen LogP contribution is -2.56. The van der Waals surface area contributed by atoms with E-state index in [1.807, 2.05) is 0 Å². The lowest BCUT2D eigenvalue weighted by atomic mass is 9.43. The van der Waals surface area contributed by atoms with Gasteiger partial charge in [0.05, 0.1) is 23.4 Å². The third-order valence-electron chi connectivity index (χ3n) is 23.4. The smallest absolute Gasteiger partial charge is 0.0682 e. The Bertz CT molecular complexity index is 1620. The van der Waals surface area contributed by atoms with E-state index in [9.17, 15) is 20.4 Å². The molecule has 0 unspecified atom stereocenters. The van der Waals surface area contributed by atoms with Crippen LogP contribution in [-0.4, -0.2) is 43.8 Å². The van der Waals surface area contributed by atoms with Crippen LogP contribution in [0.3, 0.4) is 0 Å². The van der Waals surface area contributed by atoms with Crippen LogP contribution in [-0.2, 0) is 0 Å². The molecule has 19 atom stereocenters. The number of fused-ring (bicyclic) bond motifs is 10. The summed E-state index contributed by atoms with van der Waals surface area (Å²) in [6, 6.07) is 0. The first-order valence-electron chi connectivity index (χ1n) is 28.2. The van der Waals surface area contributed by atoms with E-state index in [-0.39, 0.29) is 19.6 Å². The largest absolute Gasteiger partial charge is 0.393 e. The third kappa shape index (κ3) is 10.2. The first kappa shape index (κ1) is 53.9. The highest BCUT2D eigenvalue weighted by atomic mass is 16.3. The zero-order chi connectivity index (χ0) is 47.1. The predicted octanol–water partition coefficient (Wildman–Crippen LogP) is 15.8. The molecule has 4 N–H and O–H groups in total. The Balaban J connectivity index is 0.000000212. The molecule has 7 saturated carbocycles. The second-order valence-corrected chi connectivity index (χ2v) is 29.0. The molecule has 8 aliphatic carbocycles. The van der Waals surface area contributed by atoms with E-state index in [4.69, 9.17) is 0 Å². The van der Waals surface area contributed by atoms with Crippen molar-refractivity contribution >= 4 is 0 Å². The fraction of sp³-hybridized carbons (Fsp3) is 0.967. The van der Waals surface area contributed by atoms with Crippen molar-refractivity contribution in [2.45, 2.75) is 275 Å². The van der Waals surface area contributed by atoms with E-state index in [0.717, 1.165) is 106 Å². The lowest BCUT2D eigenvalue weighted by Gasteiger charge is -2.62. The summed E-state index contributed by atoms with van der Waals surface area (Å²) in [7, 11) is 0. The molecule has 7 fully saturated rings. The van der Waals surface area contributed by atoms with Crippen LogP contribution in [0.15, 0.2) is 11.6 Å². The summed E-state index contributed by atoms with van der Waals surface area (Å²) in [5.74, 6) is 7.91. The summed E-state index contributed by atoms with van der Waals surface area (Å²) < 4.78 is 0. The van der Waals surface area contributed by atoms with Crippen molar-refractivity contribution < 1.29 is 20.4 Å². The van der Waals surface area contributed by atoms with Crippen LogP contribution in [0, 0.1) is 97.6 Å². The minimum absolute atomic E-state index is 0. The maximum atomic E-state index is 11.1. The second kappa shape index (κ2) is 19.3. The van der Waals surface area contributed by atoms with Crippen LogP contribution in [0.4, 0.5) is 0 Å². The number of hydrogen-bond acceptors (Lipinski definition) is 4. The van der Waals surface area contributed by atoms with E-state index in [1.165, 1.54) is 83.5 Å². The Morgan fingerprint density at radius 1 is 0.569 bits per heavy atom. The Hall–Kier alpha value is -0.420. The number of aliphatic hydroxyl groups is 4. The Kier molecular flexibility index (Phi) is 16.0. The van der Waals surface area contributed by atoms with Crippen molar-refractivity contribution in [3.05, 3.63) is 11.6 Å². The highest BCUT2D eigenvalue weighted by Crippen LogP contribution is 2.70. The van der Waals surface area contributed by atoms with Gasteiger partial charge in [0, 0.05) is 0 Å². The summed E-state index contributed by atoms with van der Waals surface area (Å²) in [5, 5.41) is 44.3. The molecule has 0 amide bonds. The first-order valence-corrected chi connectivity index (χ1v) is 28.2. The molecule has 0 heterocycles. The lowest BCUT2D eigenvalue weighted by molar-refractivity contribution is -0.154. The van der Waals surface area contributed by atoms with Crippen LogP contribution in [0.25, 0.3) is 0 Å². The number of hydrogen-bond donors (Lipinski definition) is 4. The van der Waals surface area contributed by atoms with Gasteiger partial charge in [-0.2, -0.15) is 0 Å². The number of aliphatic hydroxyl groups excluding tert-OH is 2. The van der Waals surface area contributed by atoms with Crippen LogP contribution >= 0.6 is 0 Å². The third-order valence-corrected chi connectivity index (χ3v) is 23.4. The van der Waals surface area contributed by atoms with Gasteiger partial charge in [0.15, 0.2) is 0 Å². The molecular weight excluding hydrogens is 797 g/mol. The number of allylic oxidation sites excluding steroid dienone is 1. The van der Waals surface area contributed by atoms with E-state index in [1.54, 1.807) is 5.57 Å². The normalized spacial score (nSPS) is 46.5. The van der Waals surface area contributed by atoms with Crippen molar-refractivity contribution in [2.24, 2.45) is 97.6 Å². The molecule has 4 heteroatoms. The summed E-state index contributed by atoms with van der Waals surface area (Å²) in [4.78, 5) is 0. The highest BCUT2D eigenvalue weighted by Gasteiger charge is 2.63. The molecule has 0 bridgehead atoms. The Morgan fingerprint density at radius 3 is 1.55 bits per heavy atom. The monoisotopic (exact) mass is 907 g/mol. The predicted molar refractivity (Wildman–Crippen MR) is 275 cm³/mol. The zero-order valence-electron chi connectivity index (χ0n) is 44.6. The maximum absolute atomic E-state index is 11.1. The van der Waals surface area contributed by atoms with Gasteiger partial charge in [-0.3, -0.25) is 0 Å². The topological polar surface area (TPSA) is 80.9 Å². The molecule has 0 radical (unpaired) electrons. The molecule has 0 aromatic carbocycles. The van der Waals surface area contributed by atoms with Gasteiger partial charge >= 0.3 is 0 Å². The quantitative estimate of drug-likeness (QED) is 0.165. The SMILES string of the molecule is C.CC[C@]1(O)CC[C@@]2(C)C(=CC[C@H]3[C@@H]4CC[C@H]([C@H](C)[C@@H](O)CCC(C)(C)C)[C@@]4(C)CC[C@@H]32)C1.CC[C@]1(O)CC[C@@]2(C)[C@H](CC[C@@H]3[C@@H]2CC[C@]2(C)[C@@H]([C@H](C)[C@@H](O)CCC(C)(C)C)CC[C@@H]32)C1. The van der Waals surface area contributed by atoms with Gasteiger partial charge < -0.3 is 20.4 Å². The van der Waals surface area contributed by atoms with Crippen LogP contribution < -0.4 is 0 Å². The van der Waals surface area contributed by atoms with E-state index in [2.05, 4.69) is 103 Å². The van der Waals surface area contributed by atoms with E-state index >= 15 is 0 Å². The van der Waals surface area contributed by atoms with Gasteiger partial charge in [0.2, 0.25) is 0 Å². The summed E-state index contributed by atoms with van der Waals surface area (Å²) in [5.41, 5.74) is 2.90. The van der Waals surface area contributed by atoms with Gasteiger partial charge in [-0.05, 0) is 245 Å². The fourth-order valence-electron chi connectivity index (χ4n) is 18.7. The average molecular weight is 908 g/mol. The molecule has 4 nitrogen and oxygen atoms in total. The van der Waals surface area contributed by atoms with Gasteiger partial charge in [-0.25, -0.2) is 0 Å². The van der Waals surface area contributed by atoms with Gasteiger partial charge in [-0.1, -0.05) is 116 Å². The zero-order valence-corrected chi connectivity index (χ0v) is 44.6. The van der Waals surface area contributed by atoms with Gasteiger partial charge in [0.1, 0.15) is 0 Å². The molecular formula is C61H110O4. The minimum atomic E-state index is -0.460. The molecule has 8 aliphatic rings. The summed E-state index contributed by atoms with van der Waals surface area (Å²) in [6.45, 7) is 33.1. The van der Waals surface area contributed by atoms with Crippen molar-refractivity contribution in [1.82, 2.24) is 0 Å². The molecule has 8 rings (SSSR count). The Morgan fingerprint density at radius 2 is 1.05 bits per heavy atom. The van der Waals surface area contributed by atoms with Crippen LogP contribution in [0.5, 0.6) is 0 Å². The molecule has 65 heavy (non-hydrogen) atoms. The van der Waals surface area contributed by atoms with E-state index in [0.29, 0.717) is 56.2 Å². The van der Waals surface area contributed by atoms with Crippen molar-refractivity contribution in [3.63, 3.8) is 0 Å². The van der Waals surface area contributed by atoms with Crippen molar-refractivity contribution in [3.8, 4) is 0 Å². The summed E-state index contributed by atoms with van der Waals surface area (Å²) in [6.07, 6.45) is 29.3. The highest BCUT2D eigenvalue weighted by molar-refractivity contribution is 5.27. The van der Waals surface area contributed by atoms with Gasteiger partial charge in [0.25, 0.3) is 0 Å².